The van der Waals surface area contributed by atoms with E-state index < -0.39 is 0 Å². The normalized spacial score (nSPS) is 23.3. The van der Waals surface area contributed by atoms with Gasteiger partial charge in [-0.2, -0.15) is 0 Å². The van der Waals surface area contributed by atoms with Crippen molar-refractivity contribution in [2.45, 2.75) is 57.8 Å². The zero-order valence-electron chi connectivity index (χ0n) is 18.4. The average molecular weight is 445 g/mol. The highest BCUT2D eigenvalue weighted by Crippen LogP contribution is 2.38. The summed E-state index contributed by atoms with van der Waals surface area (Å²) in [4.78, 5) is 23.4. The molecule has 0 saturated carbocycles. The van der Waals surface area contributed by atoms with E-state index in [9.17, 15) is 4.79 Å². The van der Waals surface area contributed by atoms with Crippen LogP contribution in [-0.4, -0.2) is 60.2 Å². The van der Waals surface area contributed by atoms with Crippen molar-refractivity contribution in [1.29, 1.82) is 0 Å². The Morgan fingerprint density at radius 3 is 2.61 bits per heavy atom. The molecule has 4 rings (SSSR count). The molecule has 3 aliphatic rings. The van der Waals surface area contributed by atoms with Gasteiger partial charge in [-0.15, -0.1) is 0 Å². The molecule has 7 nitrogen and oxygen atoms in total. The van der Waals surface area contributed by atoms with E-state index in [0.717, 1.165) is 30.3 Å². The standard InChI is InChI=1S/C23H32N4O3S/c1-5-19(20(6-2)30-15(3)4)29-14-22(28)26-10-9-18-21(13-26)31-23(25-18)27-16-7-8-17(27)12-24-11-16/h5-6,15-17,24H,1-2,7-14H2,3-4H3/b20-19-. The third kappa shape index (κ3) is 4.65. The largest absolute Gasteiger partial charge is 0.487 e. The number of fused-ring (bicyclic) bond motifs is 3. The molecule has 0 aliphatic carbocycles. The summed E-state index contributed by atoms with van der Waals surface area (Å²) >= 11 is 1.75. The highest BCUT2D eigenvalue weighted by Gasteiger charge is 2.39. The van der Waals surface area contributed by atoms with Gasteiger partial charge in [0.05, 0.1) is 18.3 Å². The number of nitrogens with one attached hydrogen (secondary N) is 1. The molecule has 0 radical (unpaired) electrons. The molecular formula is C23H32N4O3S. The topological polar surface area (TPSA) is 66.9 Å². The third-order valence-corrected chi connectivity index (χ3v) is 7.10. The van der Waals surface area contributed by atoms with Crippen molar-refractivity contribution < 1.29 is 14.3 Å². The zero-order chi connectivity index (χ0) is 22.0. The highest BCUT2D eigenvalue weighted by molar-refractivity contribution is 7.15. The molecule has 2 saturated heterocycles. The molecule has 0 spiro atoms. The first-order valence-corrected chi connectivity index (χ1v) is 11.9. The first-order valence-electron chi connectivity index (χ1n) is 11.0. The Labute approximate surface area is 188 Å². The number of carbonyl (C=O) groups is 1. The number of rotatable bonds is 8. The van der Waals surface area contributed by atoms with Gasteiger partial charge in [0.1, 0.15) is 0 Å². The second-order valence-corrected chi connectivity index (χ2v) is 9.54. The number of carbonyl (C=O) groups excluding carboxylic acids is 1. The Hall–Kier alpha value is -2.32. The van der Waals surface area contributed by atoms with Crippen LogP contribution >= 0.6 is 11.3 Å². The van der Waals surface area contributed by atoms with Crippen LogP contribution in [0.2, 0.25) is 0 Å². The number of hydrogen-bond donors (Lipinski definition) is 1. The third-order valence-electron chi connectivity index (χ3n) is 6.00. The number of piperazine rings is 1. The van der Waals surface area contributed by atoms with Gasteiger partial charge in [-0.3, -0.25) is 4.79 Å². The van der Waals surface area contributed by atoms with Gasteiger partial charge in [0.2, 0.25) is 0 Å². The van der Waals surface area contributed by atoms with E-state index in [4.69, 9.17) is 14.5 Å². The molecule has 2 bridgehead atoms. The molecule has 168 valence electrons. The lowest BCUT2D eigenvalue weighted by Crippen LogP contribution is -2.51. The number of thiazole rings is 1. The summed E-state index contributed by atoms with van der Waals surface area (Å²) in [5.74, 6) is 0.885. The monoisotopic (exact) mass is 444 g/mol. The van der Waals surface area contributed by atoms with Crippen LogP contribution in [0.4, 0.5) is 5.13 Å². The number of amides is 1. The van der Waals surface area contributed by atoms with E-state index in [-0.39, 0.29) is 18.6 Å². The van der Waals surface area contributed by atoms with E-state index >= 15 is 0 Å². The van der Waals surface area contributed by atoms with Crippen LogP contribution in [0, 0.1) is 0 Å². The molecule has 1 N–H and O–H groups in total. The van der Waals surface area contributed by atoms with Crippen LogP contribution in [0.3, 0.4) is 0 Å². The van der Waals surface area contributed by atoms with Crippen molar-refractivity contribution in [3.05, 3.63) is 47.4 Å². The maximum absolute atomic E-state index is 12.8. The molecule has 2 fully saturated rings. The number of allylic oxidation sites excluding steroid dienone is 2. The number of hydrogen-bond acceptors (Lipinski definition) is 7. The summed E-state index contributed by atoms with van der Waals surface area (Å²) in [6.45, 7) is 14.7. The van der Waals surface area contributed by atoms with Crippen LogP contribution in [0.5, 0.6) is 0 Å². The van der Waals surface area contributed by atoms with Crippen LogP contribution in [0.25, 0.3) is 0 Å². The van der Waals surface area contributed by atoms with Gasteiger partial charge in [0, 0.05) is 43.0 Å². The molecule has 4 heterocycles. The SMILES string of the molecule is C=C/C(OCC(=O)N1CCc2nc(N3C4CCC3CNC4)sc2C1)=C(\C=C)OC(C)C. The number of ether oxygens (including phenoxy) is 2. The summed E-state index contributed by atoms with van der Waals surface area (Å²) < 4.78 is 11.4. The molecule has 8 heteroatoms. The van der Waals surface area contributed by atoms with Gasteiger partial charge in [-0.05, 0) is 38.8 Å². The van der Waals surface area contributed by atoms with Gasteiger partial charge >= 0.3 is 0 Å². The van der Waals surface area contributed by atoms with Crippen molar-refractivity contribution in [2.24, 2.45) is 0 Å². The van der Waals surface area contributed by atoms with Gasteiger partial charge in [-0.25, -0.2) is 4.98 Å². The Bertz CT molecular complexity index is 862. The van der Waals surface area contributed by atoms with Crippen molar-refractivity contribution in [3.63, 3.8) is 0 Å². The van der Waals surface area contributed by atoms with Crippen LogP contribution in [0.15, 0.2) is 36.8 Å². The van der Waals surface area contributed by atoms with E-state index in [2.05, 4.69) is 23.4 Å². The van der Waals surface area contributed by atoms with E-state index in [0.29, 0.717) is 36.7 Å². The van der Waals surface area contributed by atoms with Crippen LogP contribution < -0.4 is 10.2 Å². The zero-order valence-corrected chi connectivity index (χ0v) is 19.2. The maximum Gasteiger partial charge on any atom is 0.260 e. The molecule has 1 aromatic rings. The summed E-state index contributed by atoms with van der Waals surface area (Å²) in [6, 6.07) is 1.10. The molecule has 0 aromatic carbocycles. The van der Waals surface area contributed by atoms with Gasteiger partial charge < -0.3 is 24.6 Å². The second-order valence-electron chi connectivity index (χ2n) is 8.47. The van der Waals surface area contributed by atoms with Crippen molar-refractivity contribution in [1.82, 2.24) is 15.2 Å². The molecule has 3 aliphatic heterocycles. The predicted molar refractivity (Wildman–Crippen MR) is 123 cm³/mol. The fraction of sp³-hybridized carbons (Fsp3) is 0.565. The summed E-state index contributed by atoms with van der Waals surface area (Å²) in [5, 5.41) is 4.65. The number of nitrogens with zero attached hydrogens (tertiary/aromatic N) is 3. The van der Waals surface area contributed by atoms with Gasteiger partial charge in [0.15, 0.2) is 23.3 Å². The Morgan fingerprint density at radius 2 is 1.97 bits per heavy atom. The lowest BCUT2D eigenvalue weighted by molar-refractivity contribution is -0.135. The molecule has 2 atom stereocenters. The Kier molecular flexibility index (Phi) is 6.67. The van der Waals surface area contributed by atoms with E-state index in [1.807, 2.05) is 18.7 Å². The molecule has 31 heavy (non-hydrogen) atoms. The average Bonchev–Trinajstić information content (AvgIpc) is 3.29. The predicted octanol–water partition coefficient (Wildman–Crippen LogP) is 2.99. The van der Waals surface area contributed by atoms with Crippen molar-refractivity contribution in [3.8, 4) is 0 Å². The van der Waals surface area contributed by atoms with Crippen molar-refractivity contribution in [2.75, 3.05) is 31.1 Å². The lowest BCUT2D eigenvalue weighted by Gasteiger charge is -2.35. The molecule has 2 unspecified atom stereocenters. The van der Waals surface area contributed by atoms with Crippen molar-refractivity contribution >= 4 is 22.4 Å². The van der Waals surface area contributed by atoms with E-state index in [1.54, 1.807) is 23.5 Å². The first-order chi connectivity index (χ1) is 15.0. The highest BCUT2D eigenvalue weighted by atomic mass is 32.1. The minimum Gasteiger partial charge on any atom is -0.487 e. The van der Waals surface area contributed by atoms with Gasteiger partial charge in [-0.1, -0.05) is 24.5 Å². The van der Waals surface area contributed by atoms with E-state index in [1.165, 1.54) is 17.7 Å². The fourth-order valence-corrected chi connectivity index (χ4v) is 5.78. The summed E-state index contributed by atoms with van der Waals surface area (Å²) in [6.07, 6.45) is 6.37. The Balaban J connectivity index is 1.39. The smallest absolute Gasteiger partial charge is 0.260 e. The summed E-state index contributed by atoms with van der Waals surface area (Å²) in [7, 11) is 0. The quantitative estimate of drug-likeness (QED) is 0.491. The Morgan fingerprint density at radius 1 is 1.26 bits per heavy atom. The van der Waals surface area contributed by atoms with Crippen LogP contribution in [-0.2, 0) is 27.2 Å². The summed E-state index contributed by atoms with van der Waals surface area (Å²) in [5.41, 5.74) is 1.15. The first kappa shape index (κ1) is 21.9. The molecule has 1 aromatic heterocycles. The lowest BCUT2D eigenvalue weighted by atomic mass is 10.2. The fourth-order valence-electron chi connectivity index (χ4n) is 4.52. The molecular weight excluding hydrogens is 412 g/mol. The number of anilines is 1. The second kappa shape index (κ2) is 9.44. The maximum atomic E-state index is 12.8. The number of aromatic nitrogens is 1. The molecule has 1 amide bonds. The minimum absolute atomic E-state index is 0.0192. The van der Waals surface area contributed by atoms with Gasteiger partial charge in [0.25, 0.3) is 5.91 Å². The minimum atomic E-state index is -0.0525. The van der Waals surface area contributed by atoms with Crippen LogP contribution in [0.1, 0.15) is 37.3 Å².